The summed E-state index contributed by atoms with van der Waals surface area (Å²) in [6.07, 6.45) is 0. The van der Waals surface area contributed by atoms with E-state index in [0.717, 1.165) is 12.1 Å². The highest BCUT2D eigenvalue weighted by Crippen LogP contribution is 2.23. The molecule has 0 saturated carbocycles. The first-order chi connectivity index (χ1) is 10.2. The maximum absolute atomic E-state index is 13.8. The summed E-state index contributed by atoms with van der Waals surface area (Å²) in [5.41, 5.74) is -0.107. The molecule has 0 aliphatic rings. The molecule has 22 heavy (non-hydrogen) atoms. The van der Waals surface area contributed by atoms with Gasteiger partial charge in [0.15, 0.2) is 0 Å². The van der Waals surface area contributed by atoms with Crippen LogP contribution in [0.25, 0.3) is 0 Å². The van der Waals surface area contributed by atoms with Crippen LogP contribution in [0, 0.1) is 5.82 Å². The molecule has 9 heteroatoms. The normalized spacial score (nSPS) is 11.3. The van der Waals surface area contributed by atoms with Crippen LogP contribution in [0.2, 0.25) is 10.0 Å². The van der Waals surface area contributed by atoms with Gasteiger partial charge in [0.25, 0.3) is 5.91 Å². The minimum atomic E-state index is -4.02. The molecule has 0 fully saturated rings. The number of halogens is 3. The third-order valence-electron chi connectivity index (χ3n) is 2.69. The zero-order valence-electron chi connectivity index (χ0n) is 10.8. The minimum absolute atomic E-state index is 0.0981. The Labute approximate surface area is 135 Å². The lowest BCUT2D eigenvalue weighted by molar-refractivity contribution is 0.102. The molecule has 0 aromatic heterocycles. The molecule has 0 radical (unpaired) electrons. The van der Waals surface area contributed by atoms with E-state index in [0.29, 0.717) is 11.1 Å². The summed E-state index contributed by atoms with van der Waals surface area (Å²) < 4.78 is 36.1. The molecule has 0 bridgehead atoms. The molecule has 0 saturated heterocycles. The summed E-state index contributed by atoms with van der Waals surface area (Å²) in [7, 11) is -4.02. The average molecular weight is 363 g/mol. The van der Waals surface area contributed by atoms with Gasteiger partial charge in [0.2, 0.25) is 10.0 Å². The van der Waals surface area contributed by atoms with Crippen LogP contribution in [0.4, 0.5) is 10.1 Å². The van der Waals surface area contributed by atoms with Crippen molar-refractivity contribution >= 4 is 44.8 Å². The van der Waals surface area contributed by atoms with Gasteiger partial charge in [0, 0.05) is 5.02 Å². The summed E-state index contributed by atoms with van der Waals surface area (Å²) in [6, 6.07) is 7.11. The van der Waals surface area contributed by atoms with Crippen molar-refractivity contribution in [1.82, 2.24) is 0 Å². The number of hydrogen-bond donors (Lipinski definition) is 2. The van der Waals surface area contributed by atoms with Crippen molar-refractivity contribution in [2.45, 2.75) is 4.90 Å². The van der Waals surface area contributed by atoms with Gasteiger partial charge >= 0.3 is 0 Å². The van der Waals surface area contributed by atoms with E-state index in [1.54, 1.807) is 0 Å². The molecular weight excluding hydrogens is 354 g/mol. The van der Waals surface area contributed by atoms with Gasteiger partial charge in [0.1, 0.15) is 5.82 Å². The van der Waals surface area contributed by atoms with Gasteiger partial charge < -0.3 is 5.32 Å². The third kappa shape index (κ3) is 3.75. The van der Waals surface area contributed by atoms with Gasteiger partial charge in [-0.3, -0.25) is 4.79 Å². The van der Waals surface area contributed by atoms with E-state index in [1.165, 1.54) is 18.2 Å². The van der Waals surface area contributed by atoms with Gasteiger partial charge in [-0.15, -0.1) is 0 Å². The van der Waals surface area contributed by atoms with Gasteiger partial charge in [-0.1, -0.05) is 23.2 Å². The minimum Gasteiger partial charge on any atom is -0.319 e. The van der Waals surface area contributed by atoms with Crippen molar-refractivity contribution in [1.29, 1.82) is 0 Å². The number of nitrogens with two attached hydrogens (primary N) is 1. The zero-order valence-corrected chi connectivity index (χ0v) is 13.1. The Morgan fingerprint density at radius 3 is 2.36 bits per heavy atom. The molecule has 0 unspecified atom stereocenters. The van der Waals surface area contributed by atoms with Crippen molar-refractivity contribution in [3.63, 3.8) is 0 Å². The Kier molecular flexibility index (Phi) is 4.72. The Morgan fingerprint density at radius 1 is 1.14 bits per heavy atom. The predicted octanol–water partition coefficient (Wildman–Crippen LogP) is 3.03. The summed E-state index contributed by atoms with van der Waals surface area (Å²) in [4.78, 5) is 11.6. The molecule has 2 rings (SSSR count). The summed E-state index contributed by atoms with van der Waals surface area (Å²) in [6.45, 7) is 0. The molecule has 5 nitrogen and oxygen atoms in total. The lowest BCUT2D eigenvalue weighted by atomic mass is 10.2. The molecule has 0 atom stereocenters. The standard InChI is InChI=1S/C13H9Cl2FN2O3S/c14-7-1-3-9(10(15)5-7)13(19)18-12-4-2-8(6-11(12)16)22(17,20)21/h1-6H,(H,18,19)(H2,17,20,21). The molecule has 0 heterocycles. The number of sulfonamides is 1. The zero-order chi connectivity index (χ0) is 16.5. The van der Waals surface area contributed by atoms with Crippen molar-refractivity contribution in [3.05, 3.63) is 57.8 Å². The van der Waals surface area contributed by atoms with Gasteiger partial charge in [0.05, 0.1) is 21.2 Å². The first-order valence-electron chi connectivity index (χ1n) is 5.77. The number of anilines is 1. The van der Waals surface area contributed by atoms with E-state index in [1.807, 2.05) is 0 Å². The van der Waals surface area contributed by atoms with Crippen LogP contribution in [0.3, 0.4) is 0 Å². The van der Waals surface area contributed by atoms with Gasteiger partial charge in [-0.2, -0.15) is 0 Å². The van der Waals surface area contributed by atoms with Gasteiger partial charge in [-0.25, -0.2) is 17.9 Å². The van der Waals surface area contributed by atoms with Crippen molar-refractivity contribution < 1.29 is 17.6 Å². The van der Waals surface area contributed by atoms with Crippen molar-refractivity contribution in [2.75, 3.05) is 5.32 Å². The van der Waals surface area contributed by atoms with Gasteiger partial charge in [-0.05, 0) is 36.4 Å². The highest BCUT2D eigenvalue weighted by molar-refractivity contribution is 7.89. The number of primary sulfonamides is 1. The summed E-state index contributed by atoms with van der Waals surface area (Å²) in [5, 5.41) is 7.63. The van der Waals surface area contributed by atoms with Crippen LogP contribution in [-0.4, -0.2) is 14.3 Å². The highest BCUT2D eigenvalue weighted by Gasteiger charge is 2.15. The van der Waals surface area contributed by atoms with E-state index < -0.39 is 26.6 Å². The molecule has 0 aliphatic carbocycles. The van der Waals surface area contributed by atoms with Crippen LogP contribution >= 0.6 is 23.2 Å². The molecule has 2 aromatic carbocycles. The lowest BCUT2D eigenvalue weighted by Gasteiger charge is -2.09. The number of carbonyl (C=O) groups excluding carboxylic acids is 1. The van der Waals surface area contributed by atoms with E-state index in [4.69, 9.17) is 28.3 Å². The largest absolute Gasteiger partial charge is 0.319 e. The second kappa shape index (κ2) is 6.21. The summed E-state index contributed by atoms with van der Waals surface area (Å²) >= 11 is 11.6. The SMILES string of the molecule is NS(=O)(=O)c1ccc(NC(=O)c2ccc(Cl)cc2Cl)c(F)c1. The number of carbonyl (C=O) groups is 1. The molecule has 2 aromatic rings. The van der Waals surface area contributed by atoms with E-state index in [-0.39, 0.29) is 16.3 Å². The lowest BCUT2D eigenvalue weighted by Crippen LogP contribution is -2.15. The van der Waals surface area contributed by atoms with Crippen LogP contribution < -0.4 is 10.5 Å². The first-order valence-corrected chi connectivity index (χ1v) is 8.07. The molecule has 0 aliphatic heterocycles. The monoisotopic (exact) mass is 362 g/mol. The number of rotatable bonds is 3. The Bertz CT molecular complexity index is 856. The van der Waals surface area contributed by atoms with E-state index in [2.05, 4.69) is 5.32 Å². The first kappa shape index (κ1) is 16.7. The van der Waals surface area contributed by atoms with Crippen LogP contribution in [0.1, 0.15) is 10.4 Å². The topological polar surface area (TPSA) is 89.3 Å². The molecular formula is C13H9Cl2FN2O3S. The third-order valence-corrected chi connectivity index (χ3v) is 4.15. The molecule has 0 spiro atoms. The van der Waals surface area contributed by atoms with E-state index >= 15 is 0 Å². The fourth-order valence-electron chi connectivity index (χ4n) is 1.64. The van der Waals surface area contributed by atoms with Crippen LogP contribution in [0.5, 0.6) is 0 Å². The van der Waals surface area contributed by atoms with Crippen molar-refractivity contribution in [3.8, 4) is 0 Å². The number of nitrogens with one attached hydrogen (secondary N) is 1. The Morgan fingerprint density at radius 2 is 1.82 bits per heavy atom. The summed E-state index contributed by atoms with van der Waals surface area (Å²) in [5.74, 6) is -1.60. The second-order valence-corrected chi connectivity index (χ2v) is 6.67. The number of amides is 1. The molecule has 3 N–H and O–H groups in total. The number of hydrogen-bond acceptors (Lipinski definition) is 3. The van der Waals surface area contributed by atoms with E-state index in [9.17, 15) is 17.6 Å². The molecule has 1 amide bonds. The van der Waals surface area contributed by atoms with Crippen LogP contribution in [0.15, 0.2) is 41.3 Å². The smallest absolute Gasteiger partial charge is 0.257 e. The van der Waals surface area contributed by atoms with Crippen molar-refractivity contribution in [2.24, 2.45) is 5.14 Å². The number of benzene rings is 2. The fourth-order valence-corrected chi connectivity index (χ4v) is 2.66. The highest BCUT2D eigenvalue weighted by atomic mass is 35.5. The fraction of sp³-hybridized carbons (Fsp3) is 0. The predicted molar refractivity (Wildman–Crippen MR) is 82.2 cm³/mol. The Hall–Kier alpha value is -1.67. The second-order valence-electron chi connectivity index (χ2n) is 4.26. The molecule has 116 valence electrons. The van der Waals surface area contributed by atoms with Crippen LogP contribution in [-0.2, 0) is 10.0 Å². The Balaban J connectivity index is 2.29. The maximum atomic E-state index is 13.8. The quantitative estimate of drug-likeness (QED) is 0.879. The average Bonchev–Trinajstić information content (AvgIpc) is 2.39. The maximum Gasteiger partial charge on any atom is 0.257 e.